The first-order valence-corrected chi connectivity index (χ1v) is 10.9. The van der Waals surface area contributed by atoms with E-state index in [0.29, 0.717) is 22.1 Å². The Bertz CT molecular complexity index is 1010. The van der Waals surface area contributed by atoms with Crippen molar-refractivity contribution in [2.45, 2.75) is 69.2 Å². The van der Waals surface area contributed by atoms with Gasteiger partial charge in [0.25, 0.3) is 0 Å². The Labute approximate surface area is 195 Å². The molecule has 2 aromatic carbocycles. The highest BCUT2D eigenvalue weighted by molar-refractivity contribution is 5.94. The van der Waals surface area contributed by atoms with Crippen LogP contribution in [0.3, 0.4) is 0 Å². The van der Waals surface area contributed by atoms with E-state index < -0.39 is 55.3 Å². The predicted octanol–water partition coefficient (Wildman–Crippen LogP) is -1.20. The third kappa shape index (κ3) is 4.71. The number of fused-ring (bicyclic) bond motifs is 1. The molecule has 2 aliphatic rings. The van der Waals surface area contributed by atoms with Gasteiger partial charge in [0.05, 0.1) is 13.2 Å². The maximum Gasteiger partial charge on any atom is 0.229 e. The first-order valence-electron chi connectivity index (χ1n) is 10.9. The van der Waals surface area contributed by atoms with Gasteiger partial charge in [-0.25, -0.2) is 0 Å². The third-order valence-electron chi connectivity index (χ3n) is 6.21. The van der Waals surface area contributed by atoms with Crippen molar-refractivity contribution in [1.29, 1.82) is 0 Å². The second-order valence-electron chi connectivity index (χ2n) is 8.81. The van der Waals surface area contributed by atoms with Gasteiger partial charge in [-0.1, -0.05) is 17.7 Å². The highest BCUT2D eigenvalue weighted by atomic mass is 16.7. The molecule has 2 heterocycles. The zero-order chi connectivity index (χ0) is 24.7. The molecule has 0 radical (unpaired) electrons. The molecule has 2 aromatic rings. The second-order valence-corrected chi connectivity index (χ2v) is 8.81. The van der Waals surface area contributed by atoms with Crippen molar-refractivity contribution >= 4 is 10.8 Å². The average Bonchev–Trinajstić information content (AvgIpc) is 2.81. The normalized spacial score (nSPS) is 36.5. The third-order valence-corrected chi connectivity index (χ3v) is 6.21. The largest absolute Gasteiger partial charge is 0.507 e. The molecule has 11 heteroatoms. The Kier molecular flexibility index (Phi) is 7.29. The summed E-state index contributed by atoms with van der Waals surface area (Å²) in [5, 5.41) is 72.1. The summed E-state index contributed by atoms with van der Waals surface area (Å²) in [6.45, 7) is 2.92. The molecule has 0 aliphatic carbocycles. The van der Waals surface area contributed by atoms with Crippen molar-refractivity contribution in [3.63, 3.8) is 0 Å². The Morgan fingerprint density at radius 3 is 2.29 bits per heavy atom. The second kappa shape index (κ2) is 9.90. The standard InChI is InChI=1S/C23H30O11/c1-9-3-4-11-12(5-9)16(25)10(2)6-14(11)33-23-21(30)19(28)18(27)15(34-23)8-32-22-20(29)17(26)13(24)7-31-22/h3-6,13,15,17-30H,7-8H2,1-2H3/t13-,15-,17+,18-,19+,20-,21-,22+,23-/m1/s1. The fraction of sp³-hybridized carbons (Fsp3) is 0.565. The van der Waals surface area contributed by atoms with E-state index in [-0.39, 0.29) is 19.0 Å². The predicted molar refractivity (Wildman–Crippen MR) is 116 cm³/mol. The topological polar surface area (TPSA) is 179 Å². The van der Waals surface area contributed by atoms with E-state index in [4.69, 9.17) is 18.9 Å². The van der Waals surface area contributed by atoms with Crippen molar-refractivity contribution in [3.05, 3.63) is 35.4 Å². The lowest BCUT2D eigenvalue weighted by Crippen LogP contribution is -2.61. The molecular weight excluding hydrogens is 452 g/mol. The van der Waals surface area contributed by atoms with Gasteiger partial charge in [0, 0.05) is 10.8 Å². The van der Waals surface area contributed by atoms with Crippen LogP contribution >= 0.6 is 0 Å². The molecule has 0 bridgehead atoms. The number of aliphatic hydroxyl groups excluding tert-OH is 6. The maximum absolute atomic E-state index is 10.5. The summed E-state index contributed by atoms with van der Waals surface area (Å²) in [7, 11) is 0. The van der Waals surface area contributed by atoms with E-state index in [9.17, 15) is 35.7 Å². The summed E-state index contributed by atoms with van der Waals surface area (Å²) in [6.07, 6.45) is -13.0. The summed E-state index contributed by atoms with van der Waals surface area (Å²) < 4.78 is 22.1. The Hall–Kier alpha value is -2.06. The van der Waals surface area contributed by atoms with Crippen LogP contribution in [0.5, 0.6) is 11.5 Å². The molecule has 7 N–H and O–H groups in total. The molecule has 188 valence electrons. The SMILES string of the molecule is Cc1ccc2c(O[C@@H]3O[C@H](CO[C@@H]4OC[C@@H](O)[C@H](O)[C@H]4O)[C@@H](O)[C@H](O)[C@H]3O)cc(C)c(O)c2c1. The van der Waals surface area contributed by atoms with Crippen molar-refractivity contribution in [2.24, 2.45) is 0 Å². The number of hydrogen-bond donors (Lipinski definition) is 7. The number of phenols is 1. The fourth-order valence-corrected chi connectivity index (χ4v) is 4.11. The number of ether oxygens (including phenoxy) is 4. The minimum absolute atomic E-state index is 0.0937. The minimum atomic E-state index is -1.64. The monoisotopic (exact) mass is 482 g/mol. The minimum Gasteiger partial charge on any atom is -0.507 e. The summed E-state index contributed by atoms with van der Waals surface area (Å²) in [5.41, 5.74) is 1.46. The van der Waals surface area contributed by atoms with Crippen LogP contribution in [0.2, 0.25) is 0 Å². The molecule has 34 heavy (non-hydrogen) atoms. The smallest absolute Gasteiger partial charge is 0.229 e. The lowest BCUT2D eigenvalue weighted by Gasteiger charge is -2.41. The molecule has 2 saturated heterocycles. The Morgan fingerprint density at radius 2 is 1.56 bits per heavy atom. The number of benzene rings is 2. The number of hydrogen-bond acceptors (Lipinski definition) is 11. The van der Waals surface area contributed by atoms with Gasteiger partial charge in [0.1, 0.15) is 54.2 Å². The number of aromatic hydroxyl groups is 1. The number of aryl methyl sites for hydroxylation is 2. The van der Waals surface area contributed by atoms with Crippen LogP contribution in [0.4, 0.5) is 0 Å². The van der Waals surface area contributed by atoms with Gasteiger partial charge in [0.2, 0.25) is 6.29 Å². The van der Waals surface area contributed by atoms with Gasteiger partial charge in [-0.05, 0) is 31.5 Å². The van der Waals surface area contributed by atoms with Crippen LogP contribution < -0.4 is 4.74 Å². The first-order chi connectivity index (χ1) is 16.1. The zero-order valence-electron chi connectivity index (χ0n) is 18.7. The van der Waals surface area contributed by atoms with Crippen molar-refractivity contribution < 1.29 is 54.7 Å². The van der Waals surface area contributed by atoms with Gasteiger partial charge in [0.15, 0.2) is 6.29 Å². The molecular formula is C23H30O11. The Morgan fingerprint density at radius 1 is 0.853 bits per heavy atom. The summed E-state index contributed by atoms with van der Waals surface area (Å²) >= 11 is 0. The molecule has 0 aromatic heterocycles. The molecule has 9 atom stereocenters. The van der Waals surface area contributed by atoms with E-state index in [1.54, 1.807) is 25.1 Å². The Balaban J connectivity index is 1.51. The fourth-order valence-electron chi connectivity index (χ4n) is 4.11. The molecule has 0 unspecified atom stereocenters. The summed E-state index contributed by atoms with van der Waals surface area (Å²) in [4.78, 5) is 0. The highest BCUT2D eigenvalue weighted by Gasteiger charge is 2.46. The van der Waals surface area contributed by atoms with Crippen LogP contribution in [0.25, 0.3) is 10.8 Å². The van der Waals surface area contributed by atoms with E-state index in [0.717, 1.165) is 5.56 Å². The van der Waals surface area contributed by atoms with E-state index in [2.05, 4.69) is 0 Å². The van der Waals surface area contributed by atoms with Crippen molar-refractivity contribution in [3.8, 4) is 11.5 Å². The number of phenolic OH excluding ortho intramolecular Hbond substituents is 1. The molecule has 2 aliphatic heterocycles. The number of aliphatic hydroxyl groups is 6. The van der Waals surface area contributed by atoms with E-state index in [1.807, 2.05) is 13.0 Å². The van der Waals surface area contributed by atoms with Crippen LogP contribution in [0, 0.1) is 13.8 Å². The van der Waals surface area contributed by atoms with E-state index >= 15 is 0 Å². The molecule has 0 saturated carbocycles. The molecule has 0 amide bonds. The number of rotatable bonds is 5. The highest BCUT2D eigenvalue weighted by Crippen LogP contribution is 2.37. The quantitative estimate of drug-likeness (QED) is 0.272. The van der Waals surface area contributed by atoms with Gasteiger partial charge in [-0.3, -0.25) is 0 Å². The van der Waals surface area contributed by atoms with Gasteiger partial charge >= 0.3 is 0 Å². The van der Waals surface area contributed by atoms with E-state index in [1.165, 1.54) is 0 Å². The lowest BCUT2D eigenvalue weighted by molar-refractivity contribution is -0.307. The van der Waals surface area contributed by atoms with Gasteiger partial charge < -0.3 is 54.7 Å². The molecule has 2 fully saturated rings. The molecule has 0 spiro atoms. The van der Waals surface area contributed by atoms with Crippen LogP contribution in [0.1, 0.15) is 11.1 Å². The van der Waals surface area contributed by atoms with Crippen molar-refractivity contribution in [2.75, 3.05) is 13.2 Å². The zero-order valence-corrected chi connectivity index (χ0v) is 18.7. The van der Waals surface area contributed by atoms with Crippen LogP contribution in [0.15, 0.2) is 24.3 Å². The summed E-state index contributed by atoms with van der Waals surface area (Å²) in [6, 6.07) is 6.95. The lowest BCUT2D eigenvalue weighted by atomic mass is 9.99. The van der Waals surface area contributed by atoms with Crippen LogP contribution in [-0.4, -0.2) is 104 Å². The first kappa shape index (κ1) is 25.0. The summed E-state index contributed by atoms with van der Waals surface area (Å²) in [5.74, 6) is 0.386. The van der Waals surface area contributed by atoms with Crippen molar-refractivity contribution in [1.82, 2.24) is 0 Å². The molecule has 11 nitrogen and oxygen atoms in total. The van der Waals surface area contributed by atoms with Gasteiger partial charge in [-0.15, -0.1) is 0 Å². The average molecular weight is 482 g/mol. The molecule has 4 rings (SSSR count). The van der Waals surface area contributed by atoms with Crippen LogP contribution in [-0.2, 0) is 14.2 Å². The van der Waals surface area contributed by atoms with Gasteiger partial charge in [-0.2, -0.15) is 0 Å². The maximum atomic E-state index is 10.5.